The maximum atomic E-state index is 12.1. The molecule has 14 heavy (non-hydrogen) atoms. The lowest BCUT2D eigenvalue weighted by molar-refractivity contribution is 0.153. The van der Waals surface area contributed by atoms with Crippen LogP contribution in [0.2, 0.25) is 0 Å². The number of aliphatic hydroxyl groups excluding tert-OH is 1. The zero-order valence-corrected chi connectivity index (χ0v) is 8.60. The molecular formula is C7H13F2NO3S. The molecule has 84 valence electrons. The molecule has 0 aromatic rings. The van der Waals surface area contributed by atoms with Gasteiger partial charge in [-0.15, -0.1) is 0 Å². The molecule has 1 saturated heterocycles. The molecule has 1 heterocycles. The lowest BCUT2D eigenvalue weighted by atomic mass is 9.91. The van der Waals surface area contributed by atoms with Gasteiger partial charge in [-0.1, -0.05) is 6.92 Å². The average Bonchev–Trinajstić information content (AvgIpc) is 2.49. The second-order valence-corrected chi connectivity index (χ2v) is 5.76. The van der Waals surface area contributed by atoms with Crippen LogP contribution in [-0.2, 0) is 10.0 Å². The van der Waals surface area contributed by atoms with E-state index in [1.807, 2.05) is 0 Å². The first-order chi connectivity index (χ1) is 6.32. The summed E-state index contributed by atoms with van der Waals surface area (Å²) in [5.41, 5.74) is -0.581. The lowest BCUT2D eigenvalue weighted by Gasteiger charge is -2.21. The van der Waals surface area contributed by atoms with Gasteiger partial charge in [0.25, 0.3) is 10.0 Å². The molecule has 4 nitrogen and oxygen atoms in total. The zero-order valence-electron chi connectivity index (χ0n) is 7.78. The molecule has 1 fully saturated rings. The van der Waals surface area contributed by atoms with Crippen molar-refractivity contribution >= 4 is 10.0 Å². The molecule has 0 aromatic heterocycles. The van der Waals surface area contributed by atoms with Crippen molar-refractivity contribution in [3.05, 3.63) is 0 Å². The highest BCUT2D eigenvalue weighted by molar-refractivity contribution is 7.89. The van der Waals surface area contributed by atoms with E-state index in [9.17, 15) is 17.2 Å². The van der Waals surface area contributed by atoms with E-state index in [1.54, 1.807) is 6.92 Å². The third kappa shape index (κ3) is 2.04. The van der Waals surface area contributed by atoms with Crippen molar-refractivity contribution in [2.75, 3.05) is 19.7 Å². The normalized spacial score (nSPS) is 30.1. The van der Waals surface area contributed by atoms with Gasteiger partial charge in [0.1, 0.15) is 0 Å². The van der Waals surface area contributed by atoms with Crippen LogP contribution in [0.3, 0.4) is 0 Å². The number of sulfonamides is 1. The van der Waals surface area contributed by atoms with Crippen molar-refractivity contribution in [1.29, 1.82) is 0 Å². The van der Waals surface area contributed by atoms with Gasteiger partial charge in [-0.3, -0.25) is 0 Å². The standard InChI is InChI=1S/C7H13F2NO3S/c1-7(5-11)2-3-10(4-7)14(12,13)6(8)9/h6,11H,2-5H2,1H3. The fourth-order valence-electron chi connectivity index (χ4n) is 1.44. The highest BCUT2D eigenvalue weighted by Crippen LogP contribution is 2.32. The number of hydrogen-bond acceptors (Lipinski definition) is 3. The van der Waals surface area contributed by atoms with Crippen LogP contribution < -0.4 is 0 Å². The Morgan fingerprint density at radius 3 is 2.50 bits per heavy atom. The second kappa shape index (κ2) is 3.71. The van der Waals surface area contributed by atoms with Gasteiger partial charge in [0.05, 0.1) is 0 Å². The molecule has 7 heteroatoms. The van der Waals surface area contributed by atoms with E-state index in [1.165, 1.54) is 0 Å². The first-order valence-electron chi connectivity index (χ1n) is 4.20. The zero-order chi connectivity index (χ0) is 11.0. The minimum atomic E-state index is -4.47. The number of halogens is 2. The predicted octanol–water partition coefficient (Wildman–Crippen LogP) is 0.243. The average molecular weight is 229 g/mol. The summed E-state index contributed by atoms with van der Waals surface area (Å²) in [5, 5.41) is 8.94. The van der Waals surface area contributed by atoms with E-state index in [2.05, 4.69) is 0 Å². The topological polar surface area (TPSA) is 57.6 Å². The van der Waals surface area contributed by atoms with Crippen LogP contribution in [0.5, 0.6) is 0 Å². The van der Waals surface area contributed by atoms with Crippen molar-refractivity contribution < 1.29 is 22.3 Å². The van der Waals surface area contributed by atoms with Crippen LogP contribution in [0.1, 0.15) is 13.3 Å². The minimum absolute atomic E-state index is 0.0316. The summed E-state index contributed by atoms with van der Waals surface area (Å²) in [6.45, 7) is 1.51. The molecule has 1 aliphatic rings. The van der Waals surface area contributed by atoms with Gasteiger partial charge < -0.3 is 5.11 Å². The Kier molecular flexibility index (Phi) is 3.13. The quantitative estimate of drug-likeness (QED) is 0.754. The maximum absolute atomic E-state index is 12.1. The molecule has 0 radical (unpaired) electrons. The Bertz CT molecular complexity index is 306. The molecule has 0 saturated carbocycles. The first-order valence-corrected chi connectivity index (χ1v) is 5.70. The highest BCUT2D eigenvalue weighted by Gasteiger charge is 2.42. The van der Waals surface area contributed by atoms with Crippen LogP contribution in [-0.4, -0.2) is 43.3 Å². The van der Waals surface area contributed by atoms with Crippen LogP contribution in [0.25, 0.3) is 0 Å². The molecule has 1 atom stereocenters. The summed E-state index contributed by atoms with van der Waals surface area (Å²) in [5.74, 6) is -3.37. The number of rotatable bonds is 3. The van der Waals surface area contributed by atoms with Crippen LogP contribution in [0.4, 0.5) is 8.78 Å². The molecule has 0 aromatic carbocycles. The highest BCUT2D eigenvalue weighted by atomic mass is 32.2. The van der Waals surface area contributed by atoms with Crippen molar-refractivity contribution in [3.8, 4) is 0 Å². The molecule has 1 rings (SSSR count). The molecule has 0 spiro atoms. The molecule has 1 unspecified atom stereocenters. The fraction of sp³-hybridized carbons (Fsp3) is 1.00. The van der Waals surface area contributed by atoms with Crippen molar-refractivity contribution in [3.63, 3.8) is 0 Å². The van der Waals surface area contributed by atoms with Gasteiger partial charge >= 0.3 is 5.76 Å². The number of aliphatic hydroxyl groups is 1. The van der Waals surface area contributed by atoms with E-state index >= 15 is 0 Å². The summed E-state index contributed by atoms with van der Waals surface area (Å²) in [7, 11) is -4.47. The molecule has 1 aliphatic heterocycles. The summed E-state index contributed by atoms with van der Waals surface area (Å²) in [4.78, 5) is 0. The largest absolute Gasteiger partial charge is 0.396 e. The number of hydrogen-bond donors (Lipinski definition) is 1. The Labute approximate surface area is 81.6 Å². The Balaban J connectivity index is 2.77. The first kappa shape index (κ1) is 11.8. The van der Waals surface area contributed by atoms with E-state index in [-0.39, 0.29) is 19.7 Å². The van der Waals surface area contributed by atoms with Crippen LogP contribution in [0, 0.1) is 5.41 Å². The van der Waals surface area contributed by atoms with Crippen LogP contribution in [0.15, 0.2) is 0 Å². The fourth-order valence-corrected chi connectivity index (χ4v) is 2.50. The van der Waals surface area contributed by atoms with Crippen molar-refractivity contribution in [2.24, 2.45) is 5.41 Å². The summed E-state index contributed by atoms with van der Waals surface area (Å²) < 4.78 is 47.1. The Hall–Kier alpha value is -0.270. The lowest BCUT2D eigenvalue weighted by Crippen LogP contribution is -2.35. The SMILES string of the molecule is CC1(CO)CCN(S(=O)(=O)C(F)F)C1. The molecule has 1 N–H and O–H groups in total. The Morgan fingerprint density at radius 2 is 2.14 bits per heavy atom. The minimum Gasteiger partial charge on any atom is -0.396 e. The van der Waals surface area contributed by atoms with Gasteiger partial charge in [-0.2, -0.15) is 13.1 Å². The summed E-state index contributed by atoms with van der Waals surface area (Å²) in [6, 6.07) is 0. The molecule has 0 aliphatic carbocycles. The van der Waals surface area contributed by atoms with Gasteiger partial charge in [-0.05, 0) is 6.42 Å². The summed E-state index contributed by atoms with van der Waals surface area (Å²) in [6.07, 6.45) is 0.412. The molecular weight excluding hydrogens is 216 g/mol. The number of alkyl halides is 2. The smallest absolute Gasteiger partial charge is 0.350 e. The third-order valence-corrected chi connectivity index (χ3v) is 3.97. The van der Waals surface area contributed by atoms with E-state index in [0.29, 0.717) is 6.42 Å². The van der Waals surface area contributed by atoms with Crippen molar-refractivity contribution in [2.45, 2.75) is 19.1 Å². The van der Waals surface area contributed by atoms with Gasteiger partial charge in [-0.25, -0.2) is 8.42 Å². The van der Waals surface area contributed by atoms with Gasteiger partial charge in [0.2, 0.25) is 0 Å². The van der Waals surface area contributed by atoms with Gasteiger partial charge in [0, 0.05) is 25.1 Å². The van der Waals surface area contributed by atoms with Crippen molar-refractivity contribution in [1.82, 2.24) is 4.31 Å². The maximum Gasteiger partial charge on any atom is 0.350 e. The molecule has 0 amide bonds. The Morgan fingerprint density at radius 1 is 1.57 bits per heavy atom. The summed E-state index contributed by atoms with van der Waals surface area (Å²) >= 11 is 0. The van der Waals surface area contributed by atoms with E-state index < -0.39 is 21.2 Å². The van der Waals surface area contributed by atoms with E-state index in [0.717, 1.165) is 4.31 Å². The van der Waals surface area contributed by atoms with E-state index in [4.69, 9.17) is 5.11 Å². The number of nitrogens with zero attached hydrogens (tertiary/aromatic N) is 1. The third-order valence-electron chi connectivity index (χ3n) is 2.49. The predicted molar refractivity (Wildman–Crippen MR) is 46.3 cm³/mol. The second-order valence-electron chi connectivity index (χ2n) is 3.86. The van der Waals surface area contributed by atoms with Crippen LogP contribution >= 0.6 is 0 Å². The molecule has 0 bridgehead atoms. The van der Waals surface area contributed by atoms with Gasteiger partial charge in [0.15, 0.2) is 0 Å². The monoisotopic (exact) mass is 229 g/mol.